The molecule has 1 aromatic heterocycles. The Morgan fingerprint density at radius 3 is 2.85 bits per heavy atom. The fourth-order valence-electron chi connectivity index (χ4n) is 0.702. The number of carboxylic acid groups (broad SMARTS) is 1. The molecule has 0 aliphatic heterocycles. The van der Waals surface area contributed by atoms with Gasteiger partial charge in [-0.15, -0.1) is 11.8 Å². The number of thioether (sulfide) groups is 1. The quantitative estimate of drug-likeness (QED) is 0.489. The molecule has 1 aromatic rings. The zero-order chi connectivity index (χ0) is 9.84. The normalized spacial score (nSPS) is 9.69. The molecule has 0 unspecified atom stereocenters. The van der Waals surface area contributed by atoms with Gasteiger partial charge in [0.2, 0.25) is 0 Å². The molecule has 0 saturated heterocycles. The Bertz CT molecular complexity index is 331. The number of nitrogens with one attached hydrogen (secondary N) is 1. The summed E-state index contributed by atoms with van der Waals surface area (Å²) < 4.78 is 0. The molecule has 13 heavy (non-hydrogen) atoms. The van der Waals surface area contributed by atoms with Crippen LogP contribution < -0.4 is 5.48 Å². The summed E-state index contributed by atoms with van der Waals surface area (Å²) in [5, 5.41) is 17.6. The predicted molar refractivity (Wildman–Crippen MR) is 46.2 cm³/mol. The van der Waals surface area contributed by atoms with E-state index in [9.17, 15) is 4.79 Å². The topological polar surface area (TPSA) is 95.3 Å². The minimum absolute atomic E-state index is 0.162. The third kappa shape index (κ3) is 2.07. The van der Waals surface area contributed by atoms with Crippen LogP contribution in [0.2, 0.25) is 0 Å². The van der Waals surface area contributed by atoms with E-state index in [1.807, 2.05) is 0 Å². The summed E-state index contributed by atoms with van der Waals surface area (Å²) in [6.07, 6.45) is 3.12. The van der Waals surface area contributed by atoms with Crippen molar-refractivity contribution in [2.45, 2.75) is 5.03 Å². The lowest BCUT2D eigenvalue weighted by Gasteiger charge is -2.02. The third-order valence-corrected chi connectivity index (χ3v) is 1.88. The Kier molecular flexibility index (Phi) is 3.04. The van der Waals surface area contributed by atoms with E-state index in [1.165, 1.54) is 18.0 Å². The first-order valence-corrected chi connectivity index (χ1v) is 4.46. The van der Waals surface area contributed by atoms with Crippen LogP contribution in [0.3, 0.4) is 0 Å². The molecule has 0 aliphatic rings. The first-order valence-electron chi connectivity index (χ1n) is 3.23. The summed E-state index contributed by atoms with van der Waals surface area (Å²) in [5.41, 5.74) is 1.37. The molecule has 70 valence electrons. The Morgan fingerprint density at radius 1 is 1.69 bits per heavy atom. The van der Waals surface area contributed by atoms with Gasteiger partial charge in [-0.3, -0.25) is 10.7 Å². The van der Waals surface area contributed by atoms with E-state index in [0.29, 0.717) is 5.03 Å². The second-order valence-corrected chi connectivity index (χ2v) is 2.85. The number of hydrogen-bond acceptors (Lipinski definition) is 6. The van der Waals surface area contributed by atoms with E-state index in [2.05, 4.69) is 9.97 Å². The van der Waals surface area contributed by atoms with Crippen molar-refractivity contribution in [3.05, 3.63) is 11.9 Å². The minimum Gasteiger partial charge on any atom is -0.476 e. The van der Waals surface area contributed by atoms with Crippen LogP contribution in [-0.4, -0.2) is 32.5 Å². The van der Waals surface area contributed by atoms with Crippen LogP contribution in [-0.2, 0) is 0 Å². The molecule has 7 heteroatoms. The predicted octanol–water partition coefficient (Wildman–Crippen LogP) is 0.698. The molecule has 6 nitrogen and oxygen atoms in total. The summed E-state index contributed by atoms with van der Waals surface area (Å²) >= 11 is 1.27. The molecule has 0 atom stereocenters. The number of rotatable bonds is 3. The summed E-state index contributed by atoms with van der Waals surface area (Å²) in [7, 11) is 0. The maximum absolute atomic E-state index is 10.6. The highest BCUT2D eigenvalue weighted by molar-refractivity contribution is 7.98. The number of aromatic nitrogens is 2. The number of carboxylic acids is 1. The molecule has 0 fully saturated rings. The Balaban J connectivity index is 3.18. The second kappa shape index (κ2) is 4.06. The number of nitrogens with zero attached hydrogens (tertiary/aromatic N) is 2. The molecule has 0 aliphatic carbocycles. The third-order valence-electron chi connectivity index (χ3n) is 1.27. The molecule has 1 heterocycles. The van der Waals surface area contributed by atoms with Gasteiger partial charge in [0, 0.05) is 0 Å². The van der Waals surface area contributed by atoms with Gasteiger partial charge in [0.1, 0.15) is 5.03 Å². The molecule has 0 radical (unpaired) electrons. The van der Waals surface area contributed by atoms with Gasteiger partial charge < -0.3 is 5.11 Å². The highest BCUT2D eigenvalue weighted by atomic mass is 32.2. The lowest BCUT2D eigenvalue weighted by atomic mass is 10.4. The van der Waals surface area contributed by atoms with Gasteiger partial charge in [0.05, 0.1) is 6.20 Å². The van der Waals surface area contributed by atoms with E-state index in [0.717, 1.165) is 0 Å². The largest absolute Gasteiger partial charge is 0.476 e. The molecule has 1 rings (SSSR count). The van der Waals surface area contributed by atoms with Crippen molar-refractivity contribution in [2.75, 3.05) is 11.7 Å². The van der Waals surface area contributed by atoms with Gasteiger partial charge in [-0.25, -0.2) is 14.8 Å². The van der Waals surface area contributed by atoms with E-state index >= 15 is 0 Å². The van der Waals surface area contributed by atoms with E-state index in [4.69, 9.17) is 10.3 Å². The van der Waals surface area contributed by atoms with Gasteiger partial charge in [0.15, 0.2) is 11.5 Å². The van der Waals surface area contributed by atoms with Crippen LogP contribution in [0.15, 0.2) is 11.2 Å². The fourth-order valence-corrected chi connectivity index (χ4v) is 1.04. The van der Waals surface area contributed by atoms with E-state index in [-0.39, 0.29) is 11.5 Å². The van der Waals surface area contributed by atoms with Crippen molar-refractivity contribution in [1.82, 2.24) is 9.97 Å². The van der Waals surface area contributed by atoms with Gasteiger partial charge >= 0.3 is 5.97 Å². The average molecular weight is 201 g/mol. The summed E-state index contributed by atoms with van der Waals surface area (Å²) in [4.78, 5) is 18.0. The standard InChI is InChI=1S/C6H7N3O3S/c1-13-3-2-7-5(9-12)4(8-3)6(10)11/h2,12H,1H3,(H,7,9)(H,10,11). The van der Waals surface area contributed by atoms with Crippen molar-refractivity contribution in [1.29, 1.82) is 0 Å². The first-order chi connectivity index (χ1) is 6.19. The highest BCUT2D eigenvalue weighted by Gasteiger charge is 2.13. The van der Waals surface area contributed by atoms with Crippen LogP contribution in [0, 0.1) is 0 Å². The zero-order valence-electron chi connectivity index (χ0n) is 6.68. The number of carbonyl (C=O) groups is 1. The van der Waals surface area contributed by atoms with Gasteiger partial charge in [0.25, 0.3) is 0 Å². The minimum atomic E-state index is -1.24. The first kappa shape index (κ1) is 9.75. The van der Waals surface area contributed by atoms with Crippen LogP contribution in [0.4, 0.5) is 5.82 Å². The maximum atomic E-state index is 10.6. The summed E-state index contributed by atoms with van der Waals surface area (Å²) in [5.74, 6) is -1.40. The fraction of sp³-hybridized carbons (Fsp3) is 0.167. The van der Waals surface area contributed by atoms with Crippen molar-refractivity contribution >= 4 is 23.5 Å². The molecule has 0 amide bonds. The number of hydrogen-bond donors (Lipinski definition) is 3. The van der Waals surface area contributed by atoms with Gasteiger partial charge in [-0.1, -0.05) is 0 Å². The Hall–Kier alpha value is -1.34. The van der Waals surface area contributed by atoms with Crippen molar-refractivity contribution in [3.8, 4) is 0 Å². The van der Waals surface area contributed by atoms with Crippen LogP contribution in [0.25, 0.3) is 0 Å². The molecule has 0 aromatic carbocycles. The second-order valence-electron chi connectivity index (χ2n) is 2.03. The van der Waals surface area contributed by atoms with Crippen molar-refractivity contribution in [2.24, 2.45) is 0 Å². The Morgan fingerprint density at radius 2 is 2.38 bits per heavy atom. The highest BCUT2D eigenvalue weighted by Crippen LogP contribution is 2.15. The van der Waals surface area contributed by atoms with Crippen LogP contribution >= 0.6 is 11.8 Å². The lowest BCUT2D eigenvalue weighted by Crippen LogP contribution is -2.08. The monoisotopic (exact) mass is 201 g/mol. The number of aromatic carboxylic acids is 1. The van der Waals surface area contributed by atoms with Gasteiger partial charge in [-0.05, 0) is 6.26 Å². The van der Waals surface area contributed by atoms with Crippen LogP contribution in [0.5, 0.6) is 0 Å². The van der Waals surface area contributed by atoms with Crippen molar-refractivity contribution in [3.63, 3.8) is 0 Å². The summed E-state index contributed by atoms with van der Waals surface area (Å²) in [6, 6.07) is 0. The van der Waals surface area contributed by atoms with Gasteiger partial charge in [-0.2, -0.15) is 0 Å². The van der Waals surface area contributed by atoms with E-state index in [1.54, 1.807) is 11.7 Å². The zero-order valence-corrected chi connectivity index (χ0v) is 7.50. The molecule has 3 N–H and O–H groups in total. The lowest BCUT2D eigenvalue weighted by molar-refractivity contribution is 0.0689. The molecular formula is C6H7N3O3S. The molecule has 0 saturated carbocycles. The van der Waals surface area contributed by atoms with Crippen molar-refractivity contribution < 1.29 is 15.1 Å². The van der Waals surface area contributed by atoms with Crippen LogP contribution in [0.1, 0.15) is 10.5 Å². The molecule has 0 spiro atoms. The van der Waals surface area contributed by atoms with E-state index < -0.39 is 5.97 Å². The smallest absolute Gasteiger partial charge is 0.358 e. The average Bonchev–Trinajstić information content (AvgIpc) is 2.16. The Labute approximate surface area is 78.0 Å². The summed E-state index contributed by atoms with van der Waals surface area (Å²) in [6.45, 7) is 0. The molecule has 0 bridgehead atoms. The SMILES string of the molecule is CSc1cnc(NO)c(C(=O)O)n1. The number of anilines is 1. The maximum Gasteiger partial charge on any atom is 0.358 e. The molecular weight excluding hydrogens is 194 g/mol.